The molecule has 2 aliphatic rings. The van der Waals surface area contributed by atoms with Crippen molar-refractivity contribution in [2.45, 2.75) is 103 Å². The van der Waals surface area contributed by atoms with Gasteiger partial charge >= 0.3 is 6.09 Å². The van der Waals surface area contributed by atoms with Crippen LogP contribution in [0.1, 0.15) is 85.5 Å². The number of hydrogen-bond acceptors (Lipinski definition) is 3. The van der Waals surface area contributed by atoms with Crippen molar-refractivity contribution in [1.29, 1.82) is 0 Å². The molecule has 2 rings (SSSR count). The molecule has 1 N–H and O–H groups in total. The number of nitrogens with zero attached hydrogens (tertiary/aromatic N) is 1. The highest BCUT2D eigenvalue weighted by Crippen LogP contribution is 2.41. The molecule has 1 heterocycles. The zero-order chi connectivity index (χ0) is 16.9. The van der Waals surface area contributed by atoms with Crippen LogP contribution in [0.15, 0.2) is 0 Å². The van der Waals surface area contributed by atoms with Crippen molar-refractivity contribution in [1.82, 2.24) is 10.2 Å². The van der Waals surface area contributed by atoms with Crippen LogP contribution in [-0.4, -0.2) is 41.3 Å². The molecule has 0 bridgehead atoms. The lowest BCUT2D eigenvalue weighted by Crippen LogP contribution is -2.61. The molecule has 1 atom stereocenters. The van der Waals surface area contributed by atoms with Crippen molar-refractivity contribution in [3.8, 4) is 0 Å². The van der Waals surface area contributed by atoms with Crippen molar-refractivity contribution < 1.29 is 9.53 Å². The number of rotatable bonds is 4. The maximum absolute atomic E-state index is 12.7. The van der Waals surface area contributed by atoms with Crippen LogP contribution in [0.2, 0.25) is 0 Å². The Morgan fingerprint density at radius 2 is 1.96 bits per heavy atom. The molecule has 0 aromatic rings. The van der Waals surface area contributed by atoms with Crippen molar-refractivity contribution in [2.24, 2.45) is 0 Å². The van der Waals surface area contributed by atoms with Gasteiger partial charge in [0.25, 0.3) is 0 Å². The minimum Gasteiger partial charge on any atom is -0.444 e. The van der Waals surface area contributed by atoms with Gasteiger partial charge in [0.15, 0.2) is 0 Å². The highest BCUT2D eigenvalue weighted by Gasteiger charge is 2.46. The van der Waals surface area contributed by atoms with Crippen molar-refractivity contribution in [2.75, 3.05) is 13.1 Å². The minimum absolute atomic E-state index is 0.0305. The fraction of sp³-hybridized carbons (Fsp3) is 0.947. The van der Waals surface area contributed by atoms with Gasteiger partial charge in [-0.3, -0.25) is 0 Å². The number of carbonyl (C=O) groups is 1. The van der Waals surface area contributed by atoms with Gasteiger partial charge < -0.3 is 15.0 Å². The van der Waals surface area contributed by atoms with E-state index in [9.17, 15) is 4.79 Å². The fourth-order valence-corrected chi connectivity index (χ4v) is 4.14. The van der Waals surface area contributed by atoms with E-state index >= 15 is 0 Å². The lowest BCUT2D eigenvalue weighted by Gasteiger charge is -2.51. The third-order valence-corrected chi connectivity index (χ3v) is 5.26. The van der Waals surface area contributed by atoms with E-state index in [0.29, 0.717) is 6.04 Å². The molecule has 1 unspecified atom stereocenters. The second-order valence-corrected chi connectivity index (χ2v) is 8.41. The molecule has 1 aliphatic carbocycles. The first-order valence-electron chi connectivity index (χ1n) is 9.60. The van der Waals surface area contributed by atoms with E-state index < -0.39 is 5.60 Å². The van der Waals surface area contributed by atoms with Crippen molar-refractivity contribution in [3.05, 3.63) is 0 Å². The molecule has 1 saturated heterocycles. The van der Waals surface area contributed by atoms with Gasteiger partial charge in [-0.2, -0.15) is 0 Å². The number of piperidine rings is 1. The standard InChI is InChI=1S/C19H36N2O2/c1-5-6-13-20-16-10-14-21(17(22)23-18(2,3)4)19(15-16)11-8-7-9-12-19/h16,20H,5-15H2,1-4H3. The van der Waals surface area contributed by atoms with Crippen LogP contribution in [0.5, 0.6) is 0 Å². The fourth-order valence-electron chi connectivity index (χ4n) is 4.14. The third kappa shape index (κ3) is 5.10. The number of amides is 1. The molecule has 2 fully saturated rings. The minimum atomic E-state index is -0.414. The molecule has 1 amide bonds. The molecule has 134 valence electrons. The van der Waals surface area contributed by atoms with Gasteiger partial charge in [-0.15, -0.1) is 0 Å². The Balaban J connectivity index is 2.05. The summed E-state index contributed by atoms with van der Waals surface area (Å²) in [5.74, 6) is 0. The van der Waals surface area contributed by atoms with Gasteiger partial charge in [0.2, 0.25) is 0 Å². The van der Waals surface area contributed by atoms with Crippen LogP contribution in [0, 0.1) is 0 Å². The van der Waals surface area contributed by atoms with Gasteiger partial charge in [0, 0.05) is 18.1 Å². The van der Waals surface area contributed by atoms with E-state index in [1.807, 2.05) is 20.8 Å². The number of nitrogens with one attached hydrogen (secondary N) is 1. The van der Waals surface area contributed by atoms with E-state index in [0.717, 1.165) is 38.8 Å². The van der Waals surface area contributed by atoms with Crippen LogP contribution >= 0.6 is 0 Å². The van der Waals surface area contributed by atoms with Crippen LogP contribution in [0.4, 0.5) is 4.79 Å². The topological polar surface area (TPSA) is 41.6 Å². The summed E-state index contributed by atoms with van der Waals surface area (Å²) in [6, 6.07) is 0.554. The molecular formula is C19H36N2O2. The summed E-state index contributed by atoms with van der Waals surface area (Å²) in [7, 11) is 0. The van der Waals surface area contributed by atoms with Gasteiger partial charge in [-0.1, -0.05) is 32.6 Å². The molecular weight excluding hydrogens is 288 g/mol. The Labute approximate surface area is 142 Å². The Morgan fingerprint density at radius 1 is 1.26 bits per heavy atom. The van der Waals surface area contributed by atoms with E-state index in [1.54, 1.807) is 0 Å². The SMILES string of the molecule is CCCCNC1CCN(C(=O)OC(C)(C)C)C2(CCCCC2)C1. The van der Waals surface area contributed by atoms with Crippen LogP contribution in [-0.2, 0) is 4.74 Å². The Morgan fingerprint density at radius 3 is 2.57 bits per heavy atom. The van der Waals surface area contributed by atoms with Crippen molar-refractivity contribution >= 4 is 6.09 Å². The molecule has 0 aromatic heterocycles. The summed E-state index contributed by atoms with van der Waals surface area (Å²) in [5, 5.41) is 3.72. The maximum atomic E-state index is 12.7. The predicted molar refractivity (Wildman–Crippen MR) is 94.7 cm³/mol. The van der Waals surface area contributed by atoms with Gasteiger partial charge in [-0.25, -0.2) is 4.79 Å². The molecule has 1 spiro atoms. The third-order valence-electron chi connectivity index (χ3n) is 5.26. The summed E-state index contributed by atoms with van der Waals surface area (Å²) in [6.07, 6.45) is 10.6. The zero-order valence-corrected chi connectivity index (χ0v) is 15.6. The molecule has 4 heteroatoms. The first-order chi connectivity index (χ1) is 10.9. The Kier molecular flexibility index (Phi) is 6.35. The van der Waals surface area contributed by atoms with Crippen molar-refractivity contribution in [3.63, 3.8) is 0 Å². The highest BCUT2D eigenvalue weighted by atomic mass is 16.6. The Bertz CT molecular complexity index is 383. The second kappa shape index (κ2) is 7.87. The van der Waals surface area contributed by atoms with Crippen LogP contribution in [0.25, 0.3) is 0 Å². The van der Waals surface area contributed by atoms with Gasteiger partial charge in [0.05, 0.1) is 0 Å². The molecule has 1 saturated carbocycles. The van der Waals surface area contributed by atoms with Crippen LogP contribution in [0.3, 0.4) is 0 Å². The van der Waals surface area contributed by atoms with Crippen LogP contribution < -0.4 is 5.32 Å². The first-order valence-corrected chi connectivity index (χ1v) is 9.60. The predicted octanol–water partition coefficient (Wildman–Crippen LogP) is 4.48. The first kappa shape index (κ1) is 18.6. The molecule has 0 radical (unpaired) electrons. The lowest BCUT2D eigenvalue weighted by molar-refractivity contribution is -0.0330. The maximum Gasteiger partial charge on any atom is 0.410 e. The summed E-state index contributed by atoms with van der Waals surface area (Å²) < 4.78 is 5.71. The number of ether oxygens (including phenoxy) is 1. The average molecular weight is 325 g/mol. The second-order valence-electron chi connectivity index (χ2n) is 8.41. The molecule has 4 nitrogen and oxygen atoms in total. The van der Waals surface area contributed by atoms with E-state index in [1.165, 1.54) is 32.1 Å². The van der Waals surface area contributed by atoms with Gasteiger partial charge in [0.1, 0.15) is 5.60 Å². The number of likely N-dealkylation sites (tertiary alicyclic amines) is 1. The summed E-state index contributed by atoms with van der Waals surface area (Å²) in [5.41, 5.74) is -0.383. The average Bonchev–Trinajstić information content (AvgIpc) is 2.46. The summed E-state index contributed by atoms with van der Waals surface area (Å²) in [6.45, 7) is 10.0. The summed E-state index contributed by atoms with van der Waals surface area (Å²) in [4.78, 5) is 14.8. The number of hydrogen-bond donors (Lipinski definition) is 1. The smallest absolute Gasteiger partial charge is 0.410 e. The molecule has 23 heavy (non-hydrogen) atoms. The van der Waals surface area contributed by atoms with E-state index in [4.69, 9.17) is 4.74 Å². The lowest BCUT2D eigenvalue weighted by atomic mass is 9.73. The van der Waals surface area contributed by atoms with E-state index in [2.05, 4.69) is 17.1 Å². The quantitative estimate of drug-likeness (QED) is 0.775. The number of carbonyl (C=O) groups excluding carboxylic acids is 1. The summed E-state index contributed by atoms with van der Waals surface area (Å²) >= 11 is 0. The van der Waals surface area contributed by atoms with Gasteiger partial charge in [-0.05, 0) is 59.4 Å². The normalized spacial score (nSPS) is 24.7. The number of unbranched alkanes of at least 4 members (excludes halogenated alkanes) is 1. The largest absolute Gasteiger partial charge is 0.444 e. The molecule has 1 aliphatic heterocycles. The highest BCUT2D eigenvalue weighted by molar-refractivity contribution is 5.69. The van der Waals surface area contributed by atoms with E-state index in [-0.39, 0.29) is 11.6 Å². The molecule has 0 aromatic carbocycles. The zero-order valence-electron chi connectivity index (χ0n) is 15.6. The Hall–Kier alpha value is -0.770. The monoisotopic (exact) mass is 324 g/mol.